The lowest BCUT2D eigenvalue weighted by Crippen LogP contribution is -2.55. The molecule has 1 N–H and O–H groups in total. The maximum atomic E-state index is 11.9. The zero-order valence-corrected chi connectivity index (χ0v) is 16.7. The van der Waals surface area contributed by atoms with Gasteiger partial charge in [0, 0.05) is 5.41 Å². The molecule has 5 rings (SSSR count). The summed E-state index contributed by atoms with van der Waals surface area (Å²) < 4.78 is 0. The van der Waals surface area contributed by atoms with Gasteiger partial charge in [-0.15, -0.1) is 0 Å². The Balaban J connectivity index is 1.49. The van der Waals surface area contributed by atoms with Crippen molar-refractivity contribution < 1.29 is 5.11 Å². The van der Waals surface area contributed by atoms with E-state index in [1.54, 1.807) is 0 Å². The molecule has 0 aromatic heterocycles. The van der Waals surface area contributed by atoms with Gasteiger partial charge in [-0.3, -0.25) is 0 Å². The molecule has 26 heavy (non-hydrogen) atoms. The molecule has 0 bridgehead atoms. The molecule has 4 aliphatic rings. The summed E-state index contributed by atoms with van der Waals surface area (Å²) in [5.74, 6) is 3.46. The number of hydrogen-bond acceptors (Lipinski definition) is 1. The molecule has 142 valence electrons. The smallest absolute Gasteiger partial charge is 0.0952 e. The molecule has 1 aromatic carbocycles. The molecule has 0 amide bonds. The lowest BCUT2D eigenvalue weighted by atomic mass is 9.44. The summed E-state index contributed by atoms with van der Waals surface area (Å²) in [6, 6.07) is 10.6. The van der Waals surface area contributed by atoms with Gasteiger partial charge in [-0.2, -0.15) is 0 Å². The second-order valence-electron chi connectivity index (χ2n) is 10.6. The molecule has 0 radical (unpaired) electrons. The fraction of sp³-hybridized carbons (Fsp3) is 0.760. The summed E-state index contributed by atoms with van der Waals surface area (Å²) in [6.45, 7) is 5.08. The van der Waals surface area contributed by atoms with Crippen LogP contribution in [0.1, 0.15) is 83.6 Å². The van der Waals surface area contributed by atoms with Crippen LogP contribution in [-0.4, -0.2) is 5.11 Å². The number of benzene rings is 1. The van der Waals surface area contributed by atoms with Crippen LogP contribution >= 0.6 is 0 Å². The minimum Gasteiger partial charge on any atom is -0.385 e. The normalized spacial score (nSPS) is 50.6. The van der Waals surface area contributed by atoms with Crippen molar-refractivity contribution in [3.63, 3.8) is 0 Å². The second kappa shape index (κ2) is 5.84. The number of rotatable bonds is 1. The van der Waals surface area contributed by atoms with Crippen molar-refractivity contribution in [2.24, 2.45) is 34.5 Å². The Morgan fingerprint density at radius 2 is 1.58 bits per heavy atom. The van der Waals surface area contributed by atoms with Crippen LogP contribution in [0.2, 0.25) is 0 Å². The van der Waals surface area contributed by atoms with Gasteiger partial charge in [0.2, 0.25) is 0 Å². The van der Waals surface area contributed by atoms with E-state index in [4.69, 9.17) is 0 Å². The van der Waals surface area contributed by atoms with Crippen molar-refractivity contribution in [1.29, 1.82) is 0 Å². The molecular formula is C25H36O. The highest BCUT2D eigenvalue weighted by atomic mass is 16.3. The van der Waals surface area contributed by atoms with Gasteiger partial charge in [0.25, 0.3) is 0 Å². The molecule has 7 atom stereocenters. The Morgan fingerprint density at radius 1 is 0.808 bits per heavy atom. The third kappa shape index (κ3) is 2.13. The average Bonchev–Trinajstić information content (AvgIpc) is 2.94. The van der Waals surface area contributed by atoms with Crippen molar-refractivity contribution in [3.05, 3.63) is 35.9 Å². The van der Waals surface area contributed by atoms with E-state index in [-0.39, 0.29) is 5.41 Å². The molecule has 0 aliphatic heterocycles. The lowest BCUT2D eigenvalue weighted by molar-refractivity contribution is -0.154. The van der Waals surface area contributed by atoms with E-state index in [0.29, 0.717) is 11.3 Å². The molecule has 0 heterocycles. The number of fused-ring (bicyclic) bond motifs is 5. The second-order valence-corrected chi connectivity index (χ2v) is 10.6. The van der Waals surface area contributed by atoms with E-state index in [1.807, 2.05) is 0 Å². The maximum Gasteiger partial charge on any atom is 0.0952 e. The molecule has 0 spiro atoms. The highest BCUT2D eigenvalue weighted by Crippen LogP contribution is 2.69. The van der Waals surface area contributed by atoms with E-state index in [1.165, 1.54) is 63.4 Å². The molecule has 1 heteroatoms. The van der Waals surface area contributed by atoms with Crippen molar-refractivity contribution in [2.75, 3.05) is 0 Å². The fourth-order valence-corrected chi connectivity index (χ4v) is 8.50. The predicted molar refractivity (Wildman–Crippen MR) is 107 cm³/mol. The molecule has 4 saturated carbocycles. The van der Waals surface area contributed by atoms with Crippen LogP contribution < -0.4 is 0 Å². The highest BCUT2D eigenvalue weighted by molar-refractivity contribution is 5.29. The van der Waals surface area contributed by atoms with Gasteiger partial charge in [0.05, 0.1) is 5.60 Å². The lowest BCUT2D eigenvalue weighted by Gasteiger charge is -2.61. The monoisotopic (exact) mass is 352 g/mol. The minimum atomic E-state index is -0.617. The average molecular weight is 353 g/mol. The Labute approximate surface area is 159 Å². The van der Waals surface area contributed by atoms with Gasteiger partial charge >= 0.3 is 0 Å². The Bertz CT molecular complexity index is 668. The van der Waals surface area contributed by atoms with Crippen LogP contribution in [0, 0.1) is 34.5 Å². The Hall–Kier alpha value is -0.820. The zero-order chi connectivity index (χ0) is 18.0. The standard InChI is InChI=1S/C25H36O/c1-23-15-7-6-8-18(23)11-12-20-21(23)13-16-24(2)22(20)14-17-25(24,26)19-9-4-3-5-10-19/h3-5,9-10,18,20-22,26H,6-8,11-17H2,1-2H3/t18-,20-,21+,22+,23+,24+,25+/m1/s1. The summed E-state index contributed by atoms with van der Waals surface area (Å²) >= 11 is 0. The van der Waals surface area contributed by atoms with Crippen molar-refractivity contribution >= 4 is 0 Å². The van der Waals surface area contributed by atoms with E-state index >= 15 is 0 Å². The molecule has 1 nitrogen and oxygen atoms in total. The van der Waals surface area contributed by atoms with Gasteiger partial charge < -0.3 is 5.11 Å². The van der Waals surface area contributed by atoms with Crippen molar-refractivity contribution in [2.45, 2.75) is 83.7 Å². The predicted octanol–water partition coefficient (Wildman–Crippen LogP) is 6.31. The van der Waals surface area contributed by atoms with Gasteiger partial charge in [0.15, 0.2) is 0 Å². The first-order valence-electron chi connectivity index (χ1n) is 11.3. The summed E-state index contributed by atoms with van der Waals surface area (Å²) in [4.78, 5) is 0. The van der Waals surface area contributed by atoms with E-state index in [0.717, 1.165) is 24.2 Å². The van der Waals surface area contributed by atoms with Crippen LogP contribution in [0.5, 0.6) is 0 Å². The SMILES string of the molecule is C[C@]12CCCC[C@@H]1CC[C@@H]1[C@@H]2CC[C@@]2(C)[C@H]1CC[C@]2(O)c1ccccc1. The highest BCUT2D eigenvalue weighted by Gasteiger charge is 2.64. The third-order valence-electron chi connectivity index (χ3n) is 9.99. The van der Waals surface area contributed by atoms with Crippen LogP contribution in [0.25, 0.3) is 0 Å². The first-order valence-corrected chi connectivity index (χ1v) is 11.3. The Morgan fingerprint density at radius 3 is 2.38 bits per heavy atom. The fourth-order valence-electron chi connectivity index (χ4n) is 8.50. The van der Waals surface area contributed by atoms with E-state index in [2.05, 4.69) is 44.2 Å². The summed E-state index contributed by atoms with van der Waals surface area (Å²) in [5.41, 5.74) is 1.21. The van der Waals surface area contributed by atoms with Gasteiger partial charge in [-0.25, -0.2) is 0 Å². The van der Waals surface area contributed by atoms with Gasteiger partial charge in [0.1, 0.15) is 0 Å². The Kier molecular flexibility index (Phi) is 3.88. The molecular weight excluding hydrogens is 316 g/mol. The summed E-state index contributed by atoms with van der Waals surface area (Å²) in [7, 11) is 0. The number of hydrogen-bond donors (Lipinski definition) is 1. The topological polar surface area (TPSA) is 20.2 Å². The minimum absolute atomic E-state index is 0.0629. The maximum absolute atomic E-state index is 11.9. The van der Waals surface area contributed by atoms with Gasteiger partial charge in [-0.1, -0.05) is 57.0 Å². The largest absolute Gasteiger partial charge is 0.385 e. The molecule has 1 aromatic rings. The van der Waals surface area contributed by atoms with Crippen LogP contribution in [0.4, 0.5) is 0 Å². The van der Waals surface area contributed by atoms with E-state index < -0.39 is 5.60 Å². The summed E-state index contributed by atoms with van der Waals surface area (Å²) in [5, 5.41) is 11.9. The quantitative estimate of drug-likeness (QED) is 0.628. The van der Waals surface area contributed by atoms with Crippen LogP contribution in [-0.2, 0) is 5.60 Å². The molecule has 4 fully saturated rings. The van der Waals surface area contributed by atoms with Crippen molar-refractivity contribution in [3.8, 4) is 0 Å². The first kappa shape index (κ1) is 17.3. The van der Waals surface area contributed by atoms with E-state index in [9.17, 15) is 5.11 Å². The van der Waals surface area contributed by atoms with Crippen molar-refractivity contribution in [1.82, 2.24) is 0 Å². The number of aliphatic hydroxyl groups is 1. The van der Waals surface area contributed by atoms with Crippen LogP contribution in [0.15, 0.2) is 30.3 Å². The first-order chi connectivity index (χ1) is 12.5. The summed E-state index contributed by atoms with van der Waals surface area (Å²) in [6.07, 6.45) is 13.5. The van der Waals surface area contributed by atoms with Crippen LogP contribution in [0.3, 0.4) is 0 Å². The molecule has 0 saturated heterocycles. The molecule has 0 unspecified atom stereocenters. The van der Waals surface area contributed by atoms with Gasteiger partial charge in [-0.05, 0) is 86.0 Å². The third-order valence-corrected chi connectivity index (χ3v) is 9.99. The molecule has 4 aliphatic carbocycles. The zero-order valence-electron chi connectivity index (χ0n) is 16.7.